The van der Waals surface area contributed by atoms with Crippen LogP contribution in [0.1, 0.15) is 18.2 Å². The van der Waals surface area contributed by atoms with Gasteiger partial charge in [0.15, 0.2) is 5.65 Å². The van der Waals surface area contributed by atoms with Gasteiger partial charge in [-0.3, -0.25) is 9.63 Å². The van der Waals surface area contributed by atoms with E-state index in [0.717, 1.165) is 17.9 Å². The molecule has 1 saturated heterocycles. The summed E-state index contributed by atoms with van der Waals surface area (Å²) in [4.78, 5) is 24.6. The van der Waals surface area contributed by atoms with E-state index in [4.69, 9.17) is 4.84 Å². The summed E-state index contributed by atoms with van der Waals surface area (Å²) in [6.07, 6.45) is 5.93. The maximum Gasteiger partial charge on any atom is 0.271 e. The topological polar surface area (TPSA) is 93.7 Å². The molecule has 128 valence electrons. The van der Waals surface area contributed by atoms with E-state index in [9.17, 15) is 4.79 Å². The van der Waals surface area contributed by atoms with Gasteiger partial charge >= 0.3 is 0 Å². The highest BCUT2D eigenvalue weighted by molar-refractivity contribution is 5.81. The molecule has 3 aromatic rings. The van der Waals surface area contributed by atoms with E-state index in [1.165, 1.54) is 5.06 Å². The second-order valence-electron chi connectivity index (χ2n) is 6.14. The molecule has 2 aliphatic heterocycles. The molecule has 25 heavy (non-hydrogen) atoms. The van der Waals surface area contributed by atoms with Crippen LogP contribution in [-0.4, -0.2) is 60.0 Å². The summed E-state index contributed by atoms with van der Waals surface area (Å²) in [7, 11) is 0. The van der Waals surface area contributed by atoms with Crippen molar-refractivity contribution < 1.29 is 9.63 Å². The van der Waals surface area contributed by atoms with Crippen molar-refractivity contribution in [2.45, 2.75) is 19.0 Å². The zero-order chi connectivity index (χ0) is 16.8. The van der Waals surface area contributed by atoms with Crippen LogP contribution in [0.25, 0.3) is 5.65 Å². The summed E-state index contributed by atoms with van der Waals surface area (Å²) in [6, 6.07) is 3.37. The predicted octanol–water partition coefficient (Wildman–Crippen LogP) is 0.0460. The first-order valence-electron chi connectivity index (χ1n) is 8.16. The number of imidazole rings is 1. The second-order valence-corrected chi connectivity index (χ2v) is 6.14. The summed E-state index contributed by atoms with van der Waals surface area (Å²) in [6.45, 7) is 2.35. The molecule has 1 atom stereocenters. The first-order chi connectivity index (χ1) is 12.3. The highest BCUT2D eigenvalue weighted by atomic mass is 16.7. The molecule has 0 spiro atoms. The van der Waals surface area contributed by atoms with E-state index in [0.29, 0.717) is 31.9 Å². The molecule has 2 aliphatic rings. The number of hydrogen-bond donors (Lipinski definition) is 0. The molecule has 1 fully saturated rings. The fourth-order valence-electron chi connectivity index (χ4n) is 3.34. The molecule has 0 radical (unpaired) electrons. The van der Waals surface area contributed by atoms with E-state index >= 15 is 0 Å². The Bertz CT molecular complexity index is 928. The number of aromatic nitrogens is 6. The van der Waals surface area contributed by atoms with Crippen LogP contribution in [-0.2, 0) is 16.2 Å². The largest absolute Gasteiger partial charge is 0.347 e. The van der Waals surface area contributed by atoms with Gasteiger partial charge in [-0.25, -0.2) is 10.0 Å². The molecule has 0 unspecified atom stereocenters. The van der Waals surface area contributed by atoms with Crippen LogP contribution in [0.4, 0.5) is 5.82 Å². The van der Waals surface area contributed by atoms with Crippen molar-refractivity contribution in [1.29, 1.82) is 0 Å². The Morgan fingerprint density at radius 1 is 1.28 bits per heavy atom. The zero-order valence-corrected chi connectivity index (χ0v) is 13.4. The molecule has 5 heterocycles. The van der Waals surface area contributed by atoms with Gasteiger partial charge in [-0.1, -0.05) is 0 Å². The number of anilines is 1. The van der Waals surface area contributed by atoms with Crippen LogP contribution < -0.4 is 4.90 Å². The van der Waals surface area contributed by atoms with Crippen molar-refractivity contribution in [2.75, 3.05) is 24.6 Å². The summed E-state index contributed by atoms with van der Waals surface area (Å²) < 4.78 is 3.56. The first kappa shape index (κ1) is 14.3. The highest BCUT2D eigenvalue weighted by Crippen LogP contribution is 2.27. The Labute approximate surface area is 142 Å². The van der Waals surface area contributed by atoms with E-state index in [-0.39, 0.29) is 11.9 Å². The summed E-state index contributed by atoms with van der Waals surface area (Å²) in [5.41, 5.74) is 1.65. The minimum Gasteiger partial charge on any atom is -0.347 e. The fourth-order valence-corrected chi connectivity index (χ4v) is 3.34. The normalized spacial score (nSPS) is 20.2. The van der Waals surface area contributed by atoms with Gasteiger partial charge in [-0.15, -0.1) is 15.3 Å². The van der Waals surface area contributed by atoms with Crippen molar-refractivity contribution >= 4 is 17.4 Å². The smallest absolute Gasteiger partial charge is 0.271 e. The monoisotopic (exact) mass is 340 g/mol. The Hall–Kier alpha value is -3.01. The lowest BCUT2D eigenvalue weighted by molar-refractivity contribution is -0.172. The maximum atomic E-state index is 12.9. The summed E-state index contributed by atoms with van der Waals surface area (Å²) in [5.74, 6) is 0.715. The molecule has 0 bridgehead atoms. The van der Waals surface area contributed by atoms with Gasteiger partial charge in [0.05, 0.1) is 31.7 Å². The van der Waals surface area contributed by atoms with E-state index in [2.05, 4.69) is 25.2 Å². The summed E-state index contributed by atoms with van der Waals surface area (Å²) in [5, 5.41) is 13.8. The standard InChI is InChI=1S/C15H16N8O2/c24-15(23-4-1-5-25-23)12-8-20(7-11-6-16-9-21(11)12)14-3-2-13-18-17-10-22(13)19-14/h2-3,6,9-10,12H,1,4-5,7-8H2/t12-/m1/s1. The number of rotatable bonds is 2. The van der Waals surface area contributed by atoms with Crippen LogP contribution in [0.2, 0.25) is 0 Å². The van der Waals surface area contributed by atoms with Crippen molar-refractivity contribution in [2.24, 2.45) is 0 Å². The Kier molecular flexibility index (Phi) is 3.17. The van der Waals surface area contributed by atoms with Gasteiger partial charge in [0.1, 0.15) is 18.2 Å². The molecular formula is C15H16N8O2. The number of carbonyl (C=O) groups is 1. The van der Waals surface area contributed by atoms with Gasteiger partial charge in [0.2, 0.25) is 0 Å². The Balaban J connectivity index is 1.49. The number of carbonyl (C=O) groups excluding carboxylic acids is 1. The lowest BCUT2D eigenvalue weighted by Crippen LogP contribution is -2.45. The van der Waals surface area contributed by atoms with Gasteiger partial charge in [0, 0.05) is 12.7 Å². The molecule has 10 heteroatoms. The number of hydroxylamine groups is 2. The number of fused-ring (bicyclic) bond motifs is 2. The Morgan fingerprint density at radius 2 is 2.24 bits per heavy atom. The van der Waals surface area contributed by atoms with Crippen LogP contribution in [0.5, 0.6) is 0 Å². The van der Waals surface area contributed by atoms with E-state index < -0.39 is 0 Å². The number of amides is 1. The average Bonchev–Trinajstić information content (AvgIpc) is 3.40. The predicted molar refractivity (Wildman–Crippen MR) is 85.4 cm³/mol. The molecule has 3 aromatic heterocycles. The lowest BCUT2D eigenvalue weighted by atomic mass is 10.1. The van der Waals surface area contributed by atoms with Crippen molar-refractivity contribution in [1.82, 2.24) is 34.4 Å². The Morgan fingerprint density at radius 3 is 3.12 bits per heavy atom. The third-order valence-electron chi connectivity index (χ3n) is 4.58. The molecule has 0 saturated carbocycles. The van der Waals surface area contributed by atoms with Crippen LogP contribution in [0.3, 0.4) is 0 Å². The van der Waals surface area contributed by atoms with Crippen molar-refractivity contribution in [3.8, 4) is 0 Å². The molecule has 0 aliphatic carbocycles. The van der Waals surface area contributed by atoms with Gasteiger partial charge in [0.25, 0.3) is 5.91 Å². The highest BCUT2D eigenvalue weighted by Gasteiger charge is 2.35. The third-order valence-corrected chi connectivity index (χ3v) is 4.58. The number of nitrogens with zero attached hydrogens (tertiary/aromatic N) is 8. The molecule has 5 rings (SSSR count). The van der Waals surface area contributed by atoms with Crippen molar-refractivity contribution in [3.05, 3.63) is 36.7 Å². The zero-order valence-electron chi connectivity index (χ0n) is 13.4. The van der Waals surface area contributed by atoms with E-state index in [1.54, 1.807) is 23.4 Å². The average molecular weight is 340 g/mol. The fraction of sp³-hybridized carbons (Fsp3) is 0.400. The van der Waals surface area contributed by atoms with E-state index in [1.807, 2.05) is 16.7 Å². The third kappa shape index (κ3) is 2.33. The minimum atomic E-state index is -0.386. The van der Waals surface area contributed by atoms with Crippen LogP contribution in [0.15, 0.2) is 31.0 Å². The summed E-state index contributed by atoms with van der Waals surface area (Å²) >= 11 is 0. The second kappa shape index (κ2) is 5.52. The van der Waals surface area contributed by atoms with Crippen LogP contribution >= 0.6 is 0 Å². The first-order valence-corrected chi connectivity index (χ1v) is 8.16. The van der Waals surface area contributed by atoms with Gasteiger partial charge in [-0.2, -0.15) is 4.52 Å². The van der Waals surface area contributed by atoms with Gasteiger partial charge < -0.3 is 9.47 Å². The molecular weight excluding hydrogens is 324 g/mol. The van der Waals surface area contributed by atoms with Crippen LogP contribution in [0, 0.1) is 0 Å². The molecule has 10 nitrogen and oxygen atoms in total. The molecule has 1 amide bonds. The molecule has 0 N–H and O–H groups in total. The molecule has 0 aromatic carbocycles. The lowest BCUT2D eigenvalue weighted by Gasteiger charge is -2.35. The minimum absolute atomic E-state index is 0.0492. The van der Waals surface area contributed by atoms with Crippen molar-refractivity contribution in [3.63, 3.8) is 0 Å². The SMILES string of the molecule is O=C([C@H]1CN(c2ccc3nncn3n2)Cc2cncn21)N1CCCO1. The number of hydrogen-bond acceptors (Lipinski definition) is 7. The van der Waals surface area contributed by atoms with Gasteiger partial charge in [-0.05, 0) is 18.6 Å². The quantitative estimate of drug-likeness (QED) is 0.650. The maximum absolute atomic E-state index is 12.9.